The first-order chi connectivity index (χ1) is 14.5. The second-order valence-corrected chi connectivity index (χ2v) is 9.51. The summed E-state index contributed by atoms with van der Waals surface area (Å²) in [6.07, 6.45) is 5.99. The SMILES string of the molecule is O=C(CCn1cnc2ccccc21)Nc1ccc(S(=O)(=O)N2CCCCCC2)cc1. The van der Waals surface area contributed by atoms with Crippen LogP contribution in [0, 0.1) is 0 Å². The van der Waals surface area contributed by atoms with Crippen LogP contribution in [-0.2, 0) is 21.4 Å². The van der Waals surface area contributed by atoms with Crippen LogP contribution in [0.25, 0.3) is 11.0 Å². The number of nitrogens with one attached hydrogen (secondary N) is 1. The van der Waals surface area contributed by atoms with Gasteiger partial charge in [0.25, 0.3) is 0 Å². The smallest absolute Gasteiger partial charge is 0.243 e. The van der Waals surface area contributed by atoms with Crippen LogP contribution in [0.4, 0.5) is 5.69 Å². The Hall–Kier alpha value is -2.71. The van der Waals surface area contributed by atoms with Gasteiger partial charge in [-0.1, -0.05) is 25.0 Å². The Labute approximate surface area is 176 Å². The normalized spacial score (nSPS) is 15.7. The summed E-state index contributed by atoms with van der Waals surface area (Å²) in [6, 6.07) is 14.2. The molecule has 1 aliphatic heterocycles. The van der Waals surface area contributed by atoms with Gasteiger partial charge in [0.15, 0.2) is 0 Å². The maximum Gasteiger partial charge on any atom is 0.243 e. The van der Waals surface area contributed by atoms with E-state index in [1.807, 2.05) is 28.8 Å². The van der Waals surface area contributed by atoms with E-state index in [9.17, 15) is 13.2 Å². The molecule has 1 N–H and O–H groups in total. The van der Waals surface area contributed by atoms with Crippen molar-refractivity contribution in [1.29, 1.82) is 0 Å². The average molecular weight is 427 g/mol. The summed E-state index contributed by atoms with van der Waals surface area (Å²) in [5.41, 5.74) is 2.48. The zero-order valence-electron chi connectivity index (χ0n) is 16.8. The van der Waals surface area contributed by atoms with Crippen molar-refractivity contribution in [3.63, 3.8) is 0 Å². The average Bonchev–Trinajstić information content (AvgIpc) is 2.96. The molecule has 8 heteroatoms. The maximum absolute atomic E-state index is 12.8. The van der Waals surface area contributed by atoms with Crippen molar-refractivity contribution < 1.29 is 13.2 Å². The fraction of sp³-hybridized carbons (Fsp3) is 0.364. The van der Waals surface area contributed by atoms with E-state index in [0.29, 0.717) is 31.7 Å². The number of carbonyl (C=O) groups is 1. The van der Waals surface area contributed by atoms with Crippen molar-refractivity contribution in [2.45, 2.75) is 43.5 Å². The highest BCUT2D eigenvalue weighted by molar-refractivity contribution is 7.89. The minimum Gasteiger partial charge on any atom is -0.330 e. The fourth-order valence-corrected chi connectivity index (χ4v) is 5.29. The number of aryl methyl sites for hydroxylation is 1. The van der Waals surface area contributed by atoms with E-state index in [1.165, 1.54) is 0 Å². The highest BCUT2D eigenvalue weighted by Crippen LogP contribution is 2.22. The van der Waals surface area contributed by atoms with Gasteiger partial charge < -0.3 is 9.88 Å². The molecule has 2 heterocycles. The number of amides is 1. The van der Waals surface area contributed by atoms with Gasteiger partial charge in [-0.15, -0.1) is 0 Å². The molecule has 0 saturated carbocycles. The Bertz CT molecular complexity index is 1110. The van der Waals surface area contributed by atoms with Crippen molar-refractivity contribution in [1.82, 2.24) is 13.9 Å². The Morgan fingerprint density at radius 3 is 2.40 bits per heavy atom. The number of anilines is 1. The van der Waals surface area contributed by atoms with E-state index in [4.69, 9.17) is 0 Å². The lowest BCUT2D eigenvalue weighted by Crippen LogP contribution is -2.31. The lowest BCUT2D eigenvalue weighted by molar-refractivity contribution is -0.116. The largest absolute Gasteiger partial charge is 0.330 e. The standard InChI is InChI=1S/C22H26N4O3S/c27-22(13-16-25-17-23-20-7-3-4-8-21(20)25)24-18-9-11-19(12-10-18)30(28,29)26-14-5-1-2-6-15-26/h3-4,7-12,17H,1-2,5-6,13-16H2,(H,24,27). The summed E-state index contributed by atoms with van der Waals surface area (Å²) in [6.45, 7) is 1.67. The minimum absolute atomic E-state index is 0.129. The monoisotopic (exact) mass is 426 g/mol. The molecule has 1 saturated heterocycles. The molecular formula is C22H26N4O3S. The maximum atomic E-state index is 12.8. The van der Waals surface area contributed by atoms with Gasteiger partial charge in [-0.25, -0.2) is 13.4 Å². The number of para-hydroxylation sites is 2. The third-order valence-corrected chi connectivity index (χ3v) is 7.36. The number of hydrogen-bond donors (Lipinski definition) is 1. The van der Waals surface area contributed by atoms with Gasteiger partial charge in [-0.05, 0) is 49.2 Å². The minimum atomic E-state index is -3.48. The fourth-order valence-electron chi connectivity index (χ4n) is 3.78. The molecule has 30 heavy (non-hydrogen) atoms. The molecule has 1 aromatic heterocycles. The molecule has 0 unspecified atom stereocenters. The summed E-state index contributed by atoms with van der Waals surface area (Å²) in [5.74, 6) is -0.129. The molecule has 2 aromatic carbocycles. The van der Waals surface area contributed by atoms with E-state index in [2.05, 4.69) is 10.3 Å². The van der Waals surface area contributed by atoms with Gasteiger partial charge in [-0.2, -0.15) is 4.31 Å². The first-order valence-corrected chi connectivity index (χ1v) is 11.8. The zero-order valence-corrected chi connectivity index (χ0v) is 17.6. The number of aromatic nitrogens is 2. The number of carbonyl (C=O) groups excluding carboxylic acids is 1. The van der Waals surface area contributed by atoms with Crippen molar-refractivity contribution >= 4 is 32.7 Å². The summed E-state index contributed by atoms with van der Waals surface area (Å²) in [5, 5.41) is 2.84. The number of rotatable bonds is 6. The van der Waals surface area contributed by atoms with Crippen molar-refractivity contribution in [3.8, 4) is 0 Å². The van der Waals surface area contributed by atoms with Crippen LogP contribution >= 0.6 is 0 Å². The van der Waals surface area contributed by atoms with E-state index >= 15 is 0 Å². The lowest BCUT2D eigenvalue weighted by Gasteiger charge is -2.20. The molecule has 0 atom stereocenters. The number of hydrogen-bond acceptors (Lipinski definition) is 4. The highest BCUT2D eigenvalue weighted by Gasteiger charge is 2.24. The number of sulfonamides is 1. The second-order valence-electron chi connectivity index (χ2n) is 7.57. The molecule has 7 nitrogen and oxygen atoms in total. The van der Waals surface area contributed by atoms with Crippen molar-refractivity contribution in [2.75, 3.05) is 18.4 Å². The Balaban J connectivity index is 1.36. The molecule has 1 fully saturated rings. The van der Waals surface area contributed by atoms with Gasteiger partial charge in [-0.3, -0.25) is 4.79 Å². The number of benzene rings is 2. The summed E-state index contributed by atoms with van der Waals surface area (Å²) < 4.78 is 29.2. The van der Waals surface area contributed by atoms with Crippen LogP contribution in [0.15, 0.2) is 59.8 Å². The van der Waals surface area contributed by atoms with Crippen LogP contribution in [-0.4, -0.2) is 41.3 Å². The highest BCUT2D eigenvalue weighted by atomic mass is 32.2. The molecule has 4 rings (SSSR count). The van der Waals surface area contributed by atoms with Crippen LogP contribution in [0.2, 0.25) is 0 Å². The zero-order chi connectivity index (χ0) is 21.0. The molecule has 158 valence electrons. The number of fused-ring (bicyclic) bond motifs is 1. The number of imidazole rings is 1. The van der Waals surface area contributed by atoms with Crippen LogP contribution in [0.3, 0.4) is 0 Å². The van der Waals surface area contributed by atoms with E-state index in [-0.39, 0.29) is 10.8 Å². The van der Waals surface area contributed by atoms with Gasteiger partial charge in [0.2, 0.25) is 15.9 Å². The Kier molecular flexibility index (Phi) is 6.15. The predicted octanol–water partition coefficient (Wildman–Crippen LogP) is 3.63. The van der Waals surface area contributed by atoms with Crippen LogP contribution in [0.5, 0.6) is 0 Å². The first kappa shape index (κ1) is 20.6. The molecule has 1 amide bonds. The van der Waals surface area contributed by atoms with E-state index < -0.39 is 10.0 Å². The molecule has 0 radical (unpaired) electrons. The topological polar surface area (TPSA) is 84.3 Å². The molecular weight excluding hydrogens is 400 g/mol. The summed E-state index contributed by atoms with van der Waals surface area (Å²) >= 11 is 0. The predicted molar refractivity (Wildman–Crippen MR) is 117 cm³/mol. The lowest BCUT2D eigenvalue weighted by atomic mass is 10.2. The Morgan fingerprint density at radius 1 is 0.967 bits per heavy atom. The molecule has 0 spiro atoms. The third-order valence-electron chi connectivity index (χ3n) is 5.45. The van der Waals surface area contributed by atoms with Gasteiger partial charge in [0.05, 0.1) is 22.3 Å². The molecule has 3 aromatic rings. The van der Waals surface area contributed by atoms with Crippen LogP contribution < -0.4 is 5.32 Å². The second kappa shape index (κ2) is 8.97. The molecule has 0 bridgehead atoms. The van der Waals surface area contributed by atoms with Crippen molar-refractivity contribution in [2.24, 2.45) is 0 Å². The molecule has 0 aliphatic carbocycles. The van der Waals surface area contributed by atoms with Gasteiger partial charge >= 0.3 is 0 Å². The summed E-state index contributed by atoms with van der Waals surface area (Å²) in [4.78, 5) is 16.9. The van der Waals surface area contributed by atoms with E-state index in [0.717, 1.165) is 36.7 Å². The van der Waals surface area contributed by atoms with E-state index in [1.54, 1.807) is 34.9 Å². The quantitative estimate of drug-likeness (QED) is 0.652. The summed E-state index contributed by atoms with van der Waals surface area (Å²) in [7, 11) is -3.48. The van der Waals surface area contributed by atoms with Gasteiger partial charge in [0.1, 0.15) is 0 Å². The van der Waals surface area contributed by atoms with Gasteiger partial charge in [0, 0.05) is 31.7 Å². The molecule has 1 aliphatic rings. The Morgan fingerprint density at radius 2 is 1.67 bits per heavy atom. The van der Waals surface area contributed by atoms with Crippen LogP contribution in [0.1, 0.15) is 32.1 Å². The first-order valence-electron chi connectivity index (χ1n) is 10.3. The third kappa shape index (κ3) is 4.55. The number of nitrogens with zero attached hydrogens (tertiary/aromatic N) is 3. The van der Waals surface area contributed by atoms with Crippen molar-refractivity contribution in [3.05, 3.63) is 54.9 Å².